The van der Waals surface area contributed by atoms with E-state index in [0.29, 0.717) is 0 Å². The van der Waals surface area contributed by atoms with Crippen LogP contribution in [0.15, 0.2) is 24.3 Å². The van der Waals surface area contributed by atoms with Crippen molar-refractivity contribution < 1.29 is 14.8 Å². The van der Waals surface area contributed by atoms with E-state index in [-0.39, 0.29) is 12.2 Å². The number of benzene rings is 1. The Kier molecular flexibility index (Phi) is 6.21. The smallest absolute Gasteiger partial charge is 0.415 e. The van der Waals surface area contributed by atoms with Crippen molar-refractivity contribution in [3.05, 3.63) is 29.8 Å². The van der Waals surface area contributed by atoms with Crippen molar-refractivity contribution in [1.82, 2.24) is 4.90 Å². The normalized spacial score (nSPS) is 17.4. The third-order valence-corrected chi connectivity index (χ3v) is 3.95. The van der Waals surface area contributed by atoms with Crippen LogP contribution in [0.25, 0.3) is 0 Å². The highest BCUT2D eigenvalue weighted by Gasteiger charge is 2.18. The molecule has 0 aromatic heterocycles. The van der Waals surface area contributed by atoms with Crippen LogP contribution in [0.5, 0.6) is 0 Å². The van der Waals surface area contributed by atoms with E-state index >= 15 is 0 Å². The first-order chi connectivity index (χ1) is 10.2. The van der Waals surface area contributed by atoms with Gasteiger partial charge in [0.25, 0.3) is 0 Å². The number of rotatable bonds is 5. The first-order valence-electron chi connectivity index (χ1n) is 8.04. The topological polar surface area (TPSA) is 46.1 Å². The maximum Gasteiger partial charge on any atom is 0.518 e. The monoisotopic (exact) mass is 291 g/mol. The van der Waals surface area contributed by atoms with E-state index in [9.17, 15) is 4.79 Å². The number of aryl methyl sites for hydroxylation is 1. The lowest BCUT2D eigenvalue weighted by Gasteiger charge is -2.28. The number of hydrogen-bond acceptors (Lipinski definition) is 3. The second-order valence-electron chi connectivity index (χ2n) is 5.85. The SMILES string of the molecule is CCc1ccc([NH2+]C(=O)O[C@H](C)CN2CCCCC2)cc1. The van der Waals surface area contributed by atoms with Crippen LogP contribution in [-0.2, 0) is 11.2 Å². The molecule has 0 spiro atoms. The van der Waals surface area contributed by atoms with Crippen molar-refractivity contribution in [1.29, 1.82) is 0 Å². The zero-order valence-corrected chi connectivity index (χ0v) is 13.2. The van der Waals surface area contributed by atoms with E-state index in [0.717, 1.165) is 31.7 Å². The molecule has 1 atom stereocenters. The van der Waals surface area contributed by atoms with E-state index in [2.05, 4.69) is 24.0 Å². The molecule has 1 amide bonds. The zero-order valence-electron chi connectivity index (χ0n) is 13.2. The Balaban J connectivity index is 1.74. The molecule has 0 unspecified atom stereocenters. The van der Waals surface area contributed by atoms with Crippen LogP contribution in [-0.4, -0.2) is 36.7 Å². The number of primary amides is 1. The number of likely N-dealkylation sites (tertiary alicyclic amines) is 1. The van der Waals surface area contributed by atoms with Crippen LogP contribution in [0, 0.1) is 0 Å². The number of amides is 1. The van der Waals surface area contributed by atoms with Gasteiger partial charge in [0, 0.05) is 6.54 Å². The first kappa shape index (κ1) is 16.0. The molecule has 2 rings (SSSR count). The van der Waals surface area contributed by atoms with Crippen LogP contribution in [0.2, 0.25) is 0 Å². The average molecular weight is 291 g/mol. The Labute approximate surface area is 127 Å². The Hall–Kier alpha value is -1.39. The highest BCUT2D eigenvalue weighted by atomic mass is 16.6. The summed E-state index contributed by atoms with van der Waals surface area (Å²) in [6.07, 6.45) is 4.56. The number of hydrogen-bond donors (Lipinski definition) is 1. The number of quaternary nitrogens is 1. The second-order valence-corrected chi connectivity index (χ2v) is 5.85. The summed E-state index contributed by atoms with van der Waals surface area (Å²) in [6, 6.07) is 8.04. The van der Waals surface area contributed by atoms with Crippen molar-refractivity contribution in [3.8, 4) is 0 Å². The lowest BCUT2D eigenvalue weighted by Crippen LogP contribution is -2.82. The van der Waals surface area contributed by atoms with Gasteiger partial charge in [0.15, 0.2) is 0 Å². The Morgan fingerprint density at radius 3 is 2.52 bits per heavy atom. The minimum atomic E-state index is -0.247. The van der Waals surface area contributed by atoms with E-state index in [1.54, 1.807) is 5.32 Å². The molecule has 0 aliphatic carbocycles. The predicted molar refractivity (Wildman–Crippen MR) is 83.6 cm³/mol. The minimum absolute atomic E-state index is 0.0539. The van der Waals surface area contributed by atoms with E-state index in [1.165, 1.54) is 24.8 Å². The molecule has 1 fully saturated rings. The number of ether oxygens (including phenoxy) is 1. The van der Waals surface area contributed by atoms with Gasteiger partial charge in [-0.25, -0.2) is 5.32 Å². The zero-order chi connectivity index (χ0) is 15.1. The maximum absolute atomic E-state index is 11.9. The Morgan fingerprint density at radius 2 is 1.90 bits per heavy atom. The van der Waals surface area contributed by atoms with Gasteiger partial charge in [-0.3, -0.25) is 4.90 Å². The summed E-state index contributed by atoms with van der Waals surface area (Å²) >= 11 is 0. The molecule has 2 N–H and O–H groups in total. The van der Waals surface area contributed by atoms with Gasteiger partial charge in [-0.15, -0.1) is 0 Å². The minimum Gasteiger partial charge on any atom is -0.415 e. The number of nitrogens with zero attached hydrogens (tertiary/aromatic N) is 1. The molecule has 0 radical (unpaired) electrons. The maximum atomic E-state index is 11.9. The highest BCUT2D eigenvalue weighted by molar-refractivity contribution is 5.59. The summed E-state index contributed by atoms with van der Waals surface area (Å²) in [6.45, 7) is 7.19. The van der Waals surface area contributed by atoms with Crippen molar-refractivity contribution in [2.75, 3.05) is 19.6 Å². The molecule has 1 heterocycles. The van der Waals surface area contributed by atoms with Gasteiger partial charge in [0.2, 0.25) is 0 Å². The summed E-state index contributed by atoms with van der Waals surface area (Å²) < 4.78 is 5.48. The average Bonchev–Trinajstić information content (AvgIpc) is 2.48. The van der Waals surface area contributed by atoms with Crippen LogP contribution < -0.4 is 5.32 Å². The molecule has 1 aromatic carbocycles. The van der Waals surface area contributed by atoms with Gasteiger partial charge in [-0.2, -0.15) is 4.79 Å². The molecule has 4 nitrogen and oxygen atoms in total. The molecule has 1 aromatic rings. The molecule has 1 saturated heterocycles. The van der Waals surface area contributed by atoms with E-state index in [1.807, 2.05) is 19.1 Å². The standard InChI is InChI=1S/C17H26N2O2/c1-3-15-7-9-16(10-8-15)18-17(20)21-14(2)13-19-11-5-4-6-12-19/h7-10,14H,3-6,11-13H2,1-2H3,(H,18,20)/p+1/t14-/m1/s1. The third kappa shape index (κ3) is 5.48. The van der Waals surface area contributed by atoms with Crippen LogP contribution in [0.1, 0.15) is 38.7 Å². The Bertz CT molecular complexity index is 439. The van der Waals surface area contributed by atoms with Crippen LogP contribution in [0.4, 0.5) is 10.5 Å². The van der Waals surface area contributed by atoms with Crippen LogP contribution in [0.3, 0.4) is 0 Å². The molecule has 0 bridgehead atoms. The molecular weight excluding hydrogens is 264 g/mol. The van der Waals surface area contributed by atoms with Gasteiger partial charge in [-0.05, 0) is 57.0 Å². The van der Waals surface area contributed by atoms with Gasteiger partial charge in [0.1, 0.15) is 11.8 Å². The summed E-state index contributed by atoms with van der Waals surface area (Å²) in [7, 11) is 0. The molecule has 1 aliphatic heterocycles. The third-order valence-electron chi connectivity index (χ3n) is 3.95. The highest BCUT2D eigenvalue weighted by Crippen LogP contribution is 2.10. The van der Waals surface area contributed by atoms with Gasteiger partial charge < -0.3 is 4.74 Å². The van der Waals surface area contributed by atoms with Crippen molar-refractivity contribution >= 4 is 11.8 Å². The summed E-state index contributed by atoms with van der Waals surface area (Å²) in [4.78, 5) is 14.3. The lowest BCUT2D eigenvalue weighted by atomic mass is 10.1. The fourth-order valence-corrected chi connectivity index (χ4v) is 2.76. The quantitative estimate of drug-likeness (QED) is 0.848. The van der Waals surface area contributed by atoms with E-state index < -0.39 is 0 Å². The predicted octanol–water partition coefficient (Wildman–Crippen LogP) is 2.45. The second kappa shape index (κ2) is 8.15. The van der Waals surface area contributed by atoms with Crippen molar-refractivity contribution in [2.24, 2.45) is 0 Å². The number of piperidine rings is 1. The Morgan fingerprint density at radius 1 is 1.24 bits per heavy atom. The summed E-state index contributed by atoms with van der Waals surface area (Å²) in [5.41, 5.74) is 2.18. The number of carbonyl (C=O) groups is 1. The molecular formula is C17H27N2O2+. The fourth-order valence-electron chi connectivity index (χ4n) is 2.76. The molecule has 4 heteroatoms. The van der Waals surface area contributed by atoms with E-state index in [4.69, 9.17) is 4.74 Å². The molecule has 116 valence electrons. The molecule has 0 saturated carbocycles. The number of nitrogens with two attached hydrogens (primary N) is 1. The van der Waals surface area contributed by atoms with Crippen LogP contribution >= 0.6 is 0 Å². The van der Waals surface area contributed by atoms with Crippen molar-refractivity contribution in [2.45, 2.75) is 45.6 Å². The van der Waals surface area contributed by atoms with Gasteiger partial charge >= 0.3 is 6.09 Å². The van der Waals surface area contributed by atoms with Gasteiger partial charge in [-0.1, -0.05) is 25.5 Å². The summed E-state index contributed by atoms with van der Waals surface area (Å²) in [5.74, 6) is 0. The lowest BCUT2D eigenvalue weighted by molar-refractivity contribution is -0.484. The summed E-state index contributed by atoms with van der Waals surface area (Å²) in [5, 5.41) is 1.58. The fraction of sp³-hybridized carbons (Fsp3) is 0.588. The van der Waals surface area contributed by atoms with Gasteiger partial charge in [0.05, 0.1) is 0 Å². The molecule has 21 heavy (non-hydrogen) atoms. The van der Waals surface area contributed by atoms with Crippen molar-refractivity contribution in [3.63, 3.8) is 0 Å². The molecule has 1 aliphatic rings. The number of carbonyl (C=O) groups excluding carboxylic acids is 1. The largest absolute Gasteiger partial charge is 0.518 e. The first-order valence-corrected chi connectivity index (χ1v) is 8.04.